The monoisotopic (exact) mass is 291 g/mol. The molecule has 116 valence electrons. The molecular formula is C17H25NO3. The maximum atomic E-state index is 12.5. The molecule has 1 unspecified atom stereocenters. The Bertz CT molecular complexity index is 497. The topological polar surface area (TPSA) is 66.4 Å². The van der Waals surface area contributed by atoms with Crippen LogP contribution >= 0.6 is 0 Å². The zero-order valence-corrected chi connectivity index (χ0v) is 13.1. The molecule has 1 rings (SSSR count). The molecule has 1 aromatic carbocycles. The van der Waals surface area contributed by atoms with E-state index in [1.54, 1.807) is 6.07 Å². The van der Waals surface area contributed by atoms with Crippen molar-refractivity contribution in [3.05, 3.63) is 34.9 Å². The van der Waals surface area contributed by atoms with Gasteiger partial charge in [-0.3, -0.25) is 9.59 Å². The molecule has 0 aliphatic rings. The third-order valence-electron chi connectivity index (χ3n) is 3.66. The Morgan fingerprint density at radius 1 is 1.19 bits per heavy atom. The molecule has 0 fully saturated rings. The number of nitrogens with one attached hydrogen (secondary N) is 1. The second-order valence-corrected chi connectivity index (χ2v) is 5.47. The Labute approximate surface area is 126 Å². The van der Waals surface area contributed by atoms with Crippen molar-refractivity contribution < 1.29 is 14.7 Å². The summed E-state index contributed by atoms with van der Waals surface area (Å²) in [6, 6.07) is 4.85. The average Bonchev–Trinajstić information content (AvgIpc) is 2.44. The summed E-state index contributed by atoms with van der Waals surface area (Å²) in [5.74, 6) is -1.10. The number of benzene rings is 1. The normalized spacial score (nSPS) is 12.1. The summed E-state index contributed by atoms with van der Waals surface area (Å²) in [4.78, 5) is 23.4. The molecule has 2 N–H and O–H groups in total. The summed E-state index contributed by atoms with van der Waals surface area (Å²) in [7, 11) is 0. The van der Waals surface area contributed by atoms with E-state index < -0.39 is 12.0 Å². The molecule has 21 heavy (non-hydrogen) atoms. The van der Waals surface area contributed by atoms with Gasteiger partial charge >= 0.3 is 5.97 Å². The van der Waals surface area contributed by atoms with Gasteiger partial charge < -0.3 is 10.4 Å². The predicted molar refractivity (Wildman–Crippen MR) is 83.8 cm³/mol. The number of carbonyl (C=O) groups is 2. The van der Waals surface area contributed by atoms with Crippen molar-refractivity contribution in [3.63, 3.8) is 0 Å². The van der Waals surface area contributed by atoms with Crippen molar-refractivity contribution in [1.29, 1.82) is 0 Å². The maximum Gasteiger partial charge on any atom is 0.305 e. The number of carboxylic acid groups (broad SMARTS) is 1. The second-order valence-electron chi connectivity index (χ2n) is 5.47. The molecule has 0 saturated heterocycles. The molecule has 0 aliphatic carbocycles. The van der Waals surface area contributed by atoms with Gasteiger partial charge in [0, 0.05) is 5.56 Å². The number of aliphatic carboxylic acids is 1. The molecule has 0 heterocycles. The molecule has 1 aromatic rings. The third kappa shape index (κ3) is 5.68. The number of carboxylic acids is 1. The van der Waals surface area contributed by atoms with E-state index in [4.69, 9.17) is 5.11 Å². The van der Waals surface area contributed by atoms with Gasteiger partial charge in [-0.1, -0.05) is 31.9 Å². The number of hydrogen-bond donors (Lipinski definition) is 2. The van der Waals surface area contributed by atoms with Gasteiger partial charge in [0.25, 0.3) is 0 Å². The van der Waals surface area contributed by atoms with Crippen molar-refractivity contribution in [2.45, 2.75) is 52.5 Å². The molecule has 0 aliphatic heterocycles. The minimum absolute atomic E-state index is 0.142. The van der Waals surface area contributed by atoms with Gasteiger partial charge in [0.15, 0.2) is 5.78 Å². The zero-order chi connectivity index (χ0) is 15.8. The van der Waals surface area contributed by atoms with Crippen molar-refractivity contribution >= 4 is 11.8 Å². The highest BCUT2D eigenvalue weighted by Gasteiger charge is 2.22. The minimum Gasteiger partial charge on any atom is -0.481 e. The first-order valence-corrected chi connectivity index (χ1v) is 7.52. The van der Waals surface area contributed by atoms with E-state index in [0.29, 0.717) is 12.1 Å². The Morgan fingerprint density at radius 2 is 1.90 bits per heavy atom. The van der Waals surface area contributed by atoms with E-state index in [-0.39, 0.29) is 12.2 Å². The van der Waals surface area contributed by atoms with Crippen LogP contribution in [0.2, 0.25) is 0 Å². The molecule has 1 atom stereocenters. The lowest BCUT2D eigenvalue weighted by Crippen LogP contribution is -2.39. The van der Waals surface area contributed by atoms with Gasteiger partial charge in [0.2, 0.25) is 0 Å². The third-order valence-corrected chi connectivity index (χ3v) is 3.66. The van der Waals surface area contributed by atoms with Crippen molar-refractivity contribution in [3.8, 4) is 0 Å². The first-order chi connectivity index (χ1) is 9.95. The molecule has 4 heteroatoms. The average molecular weight is 291 g/mol. The number of carbonyl (C=O) groups excluding carboxylic acids is 1. The molecule has 0 amide bonds. The first-order valence-electron chi connectivity index (χ1n) is 7.52. The largest absolute Gasteiger partial charge is 0.481 e. The van der Waals surface area contributed by atoms with Crippen molar-refractivity contribution in [2.75, 3.05) is 6.54 Å². The van der Waals surface area contributed by atoms with E-state index in [0.717, 1.165) is 30.4 Å². The lowest BCUT2D eigenvalue weighted by molar-refractivity contribution is -0.137. The fourth-order valence-corrected chi connectivity index (χ4v) is 2.18. The molecule has 0 aromatic heterocycles. The van der Waals surface area contributed by atoms with Crippen LogP contribution < -0.4 is 5.32 Å². The standard InChI is InChI=1S/C17H25NO3/c1-4-5-6-9-18-15(11-16(19)20)17(21)14-8-7-12(2)13(3)10-14/h7-8,10,15,18H,4-6,9,11H2,1-3H3,(H,19,20). The molecular weight excluding hydrogens is 266 g/mol. The van der Waals surface area contributed by atoms with Crippen LogP contribution in [0, 0.1) is 13.8 Å². The summed E-state index contributed by atoms with van der Waals surface area (Å²) >= 11 is 0. The van der Waals surface area contributed by atoms with Crippen LogP contribution in [0.3, 0.4) is 0 Å². The predicted octanol–water partition coefficient (Wildman–Crippen LogP) is 3.11. The molecule has 0 bridgehead atoms. The number of hydrogen-bond acceptors (Lipinski definition) is 3. The number of Topliss-reactive ketones (excluding diaryl/α,β-unsaturated/α-hetero) is 1. The van der Waals surface area contributed by atoms with E-state index in [9.17, 15) is 9.59 Å². The molecule has 0 spiro atoms. The number of rotatable bonds is 9. The van der Waals surface area contributed by atoms with Gasteiger partial charge in [-0.25, -0.2) is 0 Å². The van der Waals surface area contributed by atoms with Crippen LogP contribution in [0.5, 0.6) is 0 Å². The van der Waals surface area contributed by atoms with Crippen LogP contribution in [0.15, 0.2) is 18.2 Å². The quantitative estimate of drug-likeness (QED) is 0.542. The highest BCUT2D eigenvalue weighted by molar-refractivity contribution is 6.01. The smallest absolute Gasteiger partial charge is 0.305 e. The van der Waals surface area contributed by atoms with E-state index in [1.165, 1.54) is 0 Å². The molecule has 0 radical (unpaired) electrons. The highest BCUT2D eigenvalue weighted by atomic mass is 16.4. The first kappa shape index (κ1) is 17.4. The Balaban J connectivity index is 2.78. The summed E-state index contributed by atoms with van der Waals surface area (Å²) in [5.41, 5.74) is 2.74. The van der Waals surface area contributed by atoms with E-state index in [2.05, 4.69) is 12.2 Å². The number of ketones is 1. The lowest BCUT2D eigenvalue weighted by atomic mass is 9.98. The molecule has 0 saturated carbocycles. The second kappa shape index (κ2) is 8.57. The van der Waals surface area contributed by atoms with Crippen molar-refractivity contribution in [2.24, 2.45) is 0 Å². The SMILES string of the molecule is CCCCCNC(CC(=O)O)C(=O)c1ccc(C)c(C)c1. The Kier molecular flexibility index (Phi) is 7.09. The Hall–Kier alpha value is -1.68. The van der Waals surface area contributed by atoms with Gasteiger partial charge in [-0.05, 0) is 44.0 Å². The van der Waals surface area contributed by atoms with Crippen LogP contribution in [-0.2, 0) is 4.79 Å². The van der Waals surface area contributed by atoms with Gasteiger partial charge in [0.05, 0.1) is 12.5 Å². The number of unbranched alkanes of at least 4 members (excludes halogenated alkanes) is 2. The fraction of sp³-hybridized carbons (Fsp3) is 0.529. The van der Waals surface area contributed by atoms with Crippen LogP contribution in [0.1, 0.15) is 54.1 Å². The van der Waals surface area contributed by atoms with Crippen molar-refractivity contribution in [1.82, 2.24) is 5.32 Å². The van der Waals surface area contributed by atoms with Gasteiger partial charge in [-0.2, -0.15) is 0 Å². The van der Waals surface area contributed by atoms with Crippen LogP contribution in [-0.4, -0.2) is 29.4 Å². The maximum absolute atomic E-state index is 12.5. The Morgan fingerprint density at radius 3 is 2.48 bits per heavy atom. The van der Waals surface area contributed by atoms with E-state index >= 15 is 0 Å². The minimum atomic E-state index is -0.958. The fourth-order valence-electron chi connectivity index (χ4n) is 2.18. The summed E-state index contributed by atoms with van der Waals surface area (Å²) in [6.07, 6.45) is 2.94. The van der Waals surface area contributed by atoms with Crippen LogP contribution in [0.4, 0.5) is 0 Å². The number of aryl methyl sites for hydroxylation is 2. The summed E-state index contributed by atoms with van der Waals surface area (Å²) in [5, 5.41) is 12.1. The zero-order valence-electron chi connectivity index (χ0n) is 13.1. The van der Waals surface area contributed by atoms with E-state index in [1.807, 2.05) is 26.0 Å². The van der Waals surface area contributed by atoms with Crippen LogP contribution in [0.25, 0.3) is 0 Å². The highest BCUT2D eigenvalue weighted by Crippen LogP contribution is 2.13. The van der Waals surface area contributed by atoms with Gasteiger partial charge in [-0.15, -0.1) is 0 Å². The summed E-state index contributed by atoms with van der Waals surface area (Å²) in [6.45, 7) is 6.71. The summed E-state index contributed by atoms with van der Waals surface area (Å²) < 4.78 is 0. The lowest BCUT2D eigenvalue weighted by Gasteiger charge is -2.16. The van der Waals surface area contributed by atoms with Gasteiger partial charge in [0.1, 0.15) is 0 Å². The molecule has 4 nitrogen and oxygen atoms in total.